The maximum Gasteiger partial charge on any atom is 0.405 e. The molecule has 1 atom stereocenters. The minimum Gasteiger partial charge on any atom is -0.347 e. The van der Waals surface area contributed by atoms with Gasteiger partial charge in [-0.25, -0.2) is 0 Å². The molecule has 1 aromatic carbocycles. The second-order valence-electron chi connectivity index (χ2n) is 6.09. The van der Waals surface area contributed by atoms with E-state index in [-0.39, 0.29) is 6.42 Å². The zero-order valence-electron chi connectivity index (χ0n) is 12.9. The van der Waals surface area contributed by atoms with Gasteiger partial charge in [-0.1, -0.05) is 23.7 Å². The van der Waals surface area contributed by atoms with E-state index in [9.17, 15) is 18.0 Å². The first-order valence-electron chi connectivity index (χ1n) is 7.53. The van der Waals surface area contributed by atoms with E-state index in [4.69, 9.17) is 11.6 Å². The topological polar surface area (TPSA) is 41.1 Å². The van der Waals surface area contributed by atoms with E-state index in [1.54, 1.807) is 0 Å². The third-order valence-corrected chi connectivity index (χ3v) is 4.65. The van der Waals surface area contributed by atoms with Gasteiger partial charge in [-0.05, 0) is 43.5 Å². The fourth-order valence-electron chi connectivity index (χ4n) is 2.96. The largest absolute Gasteiger partial charge is 0.405 e. The molecule has 3 nitrogen and oxygen atoms in total. The van der Waals surface area contributed by atoms with E-state index in [1.807, 2.05) is 30.4 Å². The Balaban J connectivity index is 2.18. The summed E-state index contributed by atoms with van der Waals surface area (Å²) in [5.74, 6) is -0.595. The van der Waals surface area contributed by atoms with Crippen molar-refractivity contribution in [3.05, 3.63) is 34.3 Å². The smallest absolute Gasteiger partial charge is 0.347 e. The quantitative estimate of drug-likeness (QED) is 0.876. The number of carbonyl (C=O) groups is 1. The second kappa shape index (κ2) is 7.09. The van der Waals surface area contributed by atoms with Crippen LogP contribution in [0.4, 0.5) is 13.2 Å². The number of nitrogens with one attached hydrogen (secondary N) is 2. The predicted molar refractivity (Wildman–Crippen MR) is 83.7 cm³/mol. The Hall–Kier alpha value is -1.27. The minimum atomic E-state index is -4.40. The van der Waals surface area contributed by atoms with Gasteiger partial charge in [0.25, 0.3) is 0 Å². The Kier molecular flexibility index (Phi) is 5.57. The number of rotatable bonds is 4. The fraction of sp³-hybridized carbons (Fsp3) is 0.562. The van der Waals surface area contributed by atoms with Crippen LogP contribution in [0.2, 0.25) is 5.02 Å². The molecule has 1 amide bonds. The number of alkyl halides is 3. The molecule has 1 saturated heterocycles. The van der Waals surface area contributed by atoms with Crippen LogP contribution in [0.1, 0.15) is 30.4 Å². The minimum absolute atomic E-state index is 0.00939. The van der Waals surface area contributed by atoms with Crippen LogP contribution in [0.5, 0.6) is 0 Å². The first-order chi connectivity index (χ1) is 10.7. The summed E-state index contributed by atoms with van der Waals surface area (Å²) in [5.41, 5.74) is 1.30. The van der Waals surface area contributed by atoms with E-state index in [0.717, 1.165) is 30.5 Å². The molecule has 1 fully saturated rings. The van der Waals surface area contributed by atoms with Crippen LogP contribution in [-0.2, 0) is 10.2 Å². The van der Waals surface area contributed by atoms with Crippen molar-refractivity contribution in [2.24, 2.45) is 0 Å². The molecule has 0 saturated carbocycles. The number of benzene rings is 1. The van der Waals surface area contributed by atoms with Crippen molar-refractivity contribution in [2.45, 2.75) is 37.8 Å². The number of carbonyl (C=O) groups excluding carboxylic acids is 1. The highest BCUT2D eigenvalue weighted by Crippen LogP contribution is 2.36. The monoisotopic (exact) mass is 348 g/mol. The van der Waals surface area contributed by atoms with Crippen molar-refractivity contribution in [1.29, 1.82) is 0 Å². The summed E-state index contributed by atoms with van der Waals surface area (Å²) in [6.07, 6.45) is -2.80. The Morgan fingerprint density at radius 1 is 1.43 bits per heavy atom. The lowest BCUT2D eigenvalue weighted by atomic mass is 9.72. The second-order valence-corrected chi connectivity index (χ2v) is 6.50. The molecule has 1 aliphatic rings. The molecule has 1 aliphatic heterocycles. The molecule has 128 valence electrons. The van der Waals surface area contributed by atoms with Crippen molar-refractivity contribution in [3.8, 4) is 0 Å². The summed E-state index contributed by atoms with van der Waals surface area (Å²) >= 11 is 6.18. The highest BCUT2D eigenvalue weighted by atomic mass is 35.5. The van der Waals surface area contributed by atoms with Gasteiger partial charge in [0.1, 0.15) is 6.54 Å². The van der Waals surface area contributed by atoms with Crippen LogP contribution in [0.3, 0.4) is 0 Å². The van der Waals surface area contributed by atoms with Crippen molar-refractivity contribution in [1.82, 2.24) is 10.6 Å². The summed E-state index contributed by atoms with van der Waals surface area (Å²) in [5, 5.41) is 5.81. The molecule has 0 aromatic heterocycles. The third-order valence-electron chi connectivity index (χ3n) is 4.24. The van der Waals surface area contributed by atoms with Gasteiger partial charge in [0.15, 0.2) is 0 Å². The molecule has 0 bridgehead atoms. The number of piperidine rings is 1. The van der Waals surface area contributed by atoms with E-state index < -0.39 is 24.0 Å². The Morgan fingerprint density at radius 2 is 2.17 bits per heavy atom. The molecular formula is C16H20ClF3N2O. The summed E-state index contributed by atoms with van der Waals surface area (Å²) in [6, 6.07) is 5.60. The number of hydrogen-bond acceptors (Lipinski definition) is 2. The van der Waals surface area contributed by atoms with Crippen molar-refractivity contribution >= 4 is 17.5 Å². The number of halogens is 4. The van der Waals surface area contributed by atoms with Crippen molar-refractivity contribution in [2.75, 3.05) is 19.6 Å². The molecule has 23 heavy (non-hydrogen) atoms. The van der Waals surface area contributed by atoms with Gasteiger partial charge in [0.2, 0.25) is 5.91 Å². The summed E-state index contributed by atoms with van der Waals surface area (Å²) in [6.45, 7) is 1.97. The maximum absolute atomic E-state index is 12.3. The van der Waals surface area contributed by atoms with Crippen LogP contribution >= 0.6 is 11.6 Å². The van der Waals surface area contributed by atoms with Gasteiger partial charge in [-0.2, -0.15) is 13.2 Å². The summed E-state index contributed by atoms with van der Waals surface area (Å²) in [7, 11) is 0. The van der Waals surface area contributed by atoms with Gasteiger partial charge in [-0.15, -0.1) is 0 Å². The molecule has 2 N–H and O–H groups in total. The Labute approximate surface area is 138 Å². The van der Waals surface area contributed by atoms with E-state index in [2.05, 4.69) is 5.32 Å². The molecule has 7 heteroatoms. The van der Waals surface area contributed by atoms with Gasteiger partial charge >= 0.3 is 6.18 Å². The standard InChI is InChI=1S/C16H20ClF3N2O/c1-11-3-4-12(7-13(11)17)15(5-2-6-21-9-15)8-14(23)22-10-16(18,19)20/h3-4,7,21H,2,5-6,8-10H2,1H3,(H,22,23)/t15-/m1/s1. The Morgan fingerprint density at radius 3 is 2.74 bits per heavy atom. The maximum atomic E-state index is 12.3. The molecule has 0 unspecified atom stereocenters. The number of hydrogen-bond donors (Lipinski definition) is 2. The van der Waals surface area contributed by atoms with Crippen LogP contribution in [0.25, 0.3) is 0 Å². The van der Waals surface area contributed by atoms with Crippen LogP contribution < -0.4 is 10.6 Å². The first kappa shape index (κ1) is 18.1. The third kappa shape index (κ3) is 4.85. The zero-order valence-corrected chi connectivity index (χ0v) is 13.7. The van der Waals surface area contributed by atoms with Crippen LogP contribution in [-0.4, -0.2) is 31.7 Å². The molecule has 1 aromatic rings. The molecule has 0 spiro atoms. The van der Waals surface area contributed by atoms with Gasteiger partial charge in [0, 0.05) is 23.4 Å². The van der Waals surface area contributed by atoms with Crippen molar-refractivity contribution in [3.63, 3.8) is 0 Å². The molecule has 1 heterocycles. The van der Waals surface area contributed by atoms with E-state index >= 15 is 0 Å². The lowest BCUT2D eigenvalue weighted by molar-refractivity contribution is -0.139. The van der Waals surface area contributed by atoms with Gasteiger partial charge in [-0.3, -0.25) is 4.79 Å². The predicted octanol–water partition coefficient (Wildman–Crippen LogP) is 3.34. The highest BCUT2D eigenvalue weighted by Gasteiger charge is 2.37. The number of aryl methyl sites for hydroxylation is 1. The zero-order chi connectivity index (χ0) is 17.1. The number of amides is 1. The van der Waals surface area contributed by atoms with E-state index in [0.29, 0.717) is 11.6 Å². The fourth-order valence-corrected chi connectivity index (χ4v) is 3.14. The van der Waals surface area contributed by atoms with E-state index in [1.165, 1.54) is 0 Å². The molecular weight excluding hydrogens is 329 g/mol. The normalized spacial score (nSPS) is 22.0. The molecule has 0 radical (unpaired) electrons. The summed E-state index contributed by atoms with van der Waals surface area (Å²) < 4.78 is 36.8. The average molecular weight is 349 g/mol. The summed E-state index contributed by atoms with van der Waals surface area (Å²) in [4.78, 5) is 12.0. The lowest BCUT2D eigenvalue weighted by Crippen LogP contribution is -2.47. The highest BCUT2D eigenvalue weighted by molar-refractivity contribution is 6.31. The molecule has 0 aliphatic carbocycles. The average Bonchev–Trinajstić information content (AvgIpc) is 2.48. The van der Waals surface area contributed by atoms with Gasteiger partial charge in [0.05, 0.1) is 0 Å². The van der Waals surface area contributed by atoms with Crippen LogP contribution in [0.15, 0.2) is 18.2 Å². The SMILES string of the molecule is Cc1ccc([C@@]2(CC(=O)NCC(F)(F)F)CCCNC2)cc1Cl. The lowest BCUT2D eigenvalue weighted by Gasteiger charge is -2.38. The van der Waals surface area contributed by atoms with Gasteiger partial charge < -0.3 is 10.6 Å². The van der Waals surface area contributed by atoms with Crippen LogP contribution in [0, 0.1) is 6.92 Å². The van der Waals surface area contributed by atoms with Crippen molar-refractivity contribution < 1.29 is 18.0 Å². The first-order valence-corrected chi connectivity index (χ1v) is 7.90. The Bertz CT molecular complexity index is 569. The molecule has 2 rings (SSSR count).